The summed E-state index contributed by atoms with van der Waals surface area (Å²) < 4.78 is 0. The molecule has 0 aliphatic carbocycles. The van der Waals surface area contributed by atoms with Crippen LogP contribution in [0.2, 0.25) is 0 Å². The second kappa shape index (κ2) is 4.14. The Hall–Kier alpha value is -0.220. The first kappa shape index (κ1) is 9.86. The van der Waals surface area contributed by atoms with E-state index in [1.54, 1.807) is 11.8 Å². The summed E-state index contributed by atoms with van der Waals surface area (Å²) in [5.74, 6) is 1.25. The molecule has 1 aliphatic heterocycles. The summed E-state index contributed by atoms with van der Waals surface area (Å²) in [6.45, 7) is 4.80. The van der Waals surface area contributed by atoms with E-state index in [1.165, 1.54) is 0 Å². The van der Waals surface area contributed by atoms with Crippen LogP contribution in [0.5, 0.6) is 0 Å². The lowest BCUT2D eigenvalue weighted by atomic mass is 10.3. The van der Waals surface area contributed by atoms with E-state index in [9.17, 15) is 4.79 Å². The summed E-state index contributed by atoms with van der Waals surface area (Å²) in [5, 5.41) is 3.19. The molecule has 1 fully saturated rings. The van der Waals surface area contributed by atoms with Crippen LogP contribution in [0.4, 0.5) is 0 Å². The minimum absolute atomic E-state index is 0.00172. The number of nitrogens with one attached hydrogen (secondary N) is 1. The number of hydrogen-bond donors (Lipinski definition) is 1. The normalized spacial score (nSPS) is 29.9. The van der Waals surface area contributed by atoms with Crippen LogP contribution < -0.4 is 5.32 Å². The van der Waals surface area contributed by atoms with E-state index in [1.807, 2.05) is 18.7 Å². The summed E-state index contributed by atoms with van der Waals surface area (Å²) in [6.07, 6.45) is 2.27. The Morgan fingerprint density at radius 2 is 2.25 bits per heavy atom. The molecule has 70 valence electrons. The van der Waals surface area contributed by atoms with E-state index in [-0.39, 0.29) is 18.1 Å². The van der Waals surface area contributed by atoms with Gasteiger partial charge in [0.25, 0.3) is 0 Å². The smallest absolute Gasteiger partial charge is 0.240 e. The average Bonchev–Trinajstić information content (AvgIpc) is 2.25. The highest BCUT2D eigenvalue weighted by Gasteiger charge is 2.32. The van der Waals surface area contributed by atoms with E-state index in [4.69, 9.17) is 0 Å². The number of thioether (sulfide) groups is 1. The topological polar surface area (TPSA) is 32.3 Å². The largest absolute Gasteiger partial charge is 0.325 e. The van der Waals surface area contributed by atoms with Gasteiger partial charge in [0, 0.05) is 12.3 Å². The zero-order chi connectivity index (χ0) is 9.14. The van der Waals surface area contributed by atoms with Crippen LogP contribution in [0.15, 0.2) is 0 Å². The van der Waals surface area contributed by atoms with Gasteiger partial charge in [-0.05, 0) is 20.1 Å². The molecule has 1 heterocycles. The zero-order valence-corrected chi connectivity index (χ0v) is 8.65. The summed E-state index contributed by atoms with van der Waals surface area (Å²) in [4.78, 5) is 13.4. The lowest BCUT2D eigenvalue weighted by Gasteiger charge is -2.19. The van der Waals surface area contributed by atoms with Crippen LogP contribution in [0, 0.1) is 0 Å². The molecule has 1 amide bonds. The van der Waals surface area contributed by atoms with Gasteiger partial charge in [-0.2, -0.15) is 11.8 Å². The van der Waals surface area contributed by atoms with Gasteiger partial charge in [-0.25, -0.2) is 0 Å². The molecule has 0 bridgehead atoms. The first-order chi connectivity index (χ1) is 5.66. The lowest BCUT2D eigenvalue weighted by Crippen LogP contribution is -2.36. The van der Waals surface area contributed by atoms with Gasteiger partial charge in [0.05, 0.1) is 12.2 Å². The van der Waals surface area contributed by atoms with Crippen molar-refractivity contribution in [1.29, 1.82) is 0 Å². The van der Waals surface area contributed by atoms with Crippen molar-refractivity contribution in [3.05, 3.63) is 0 Å². The van der Waals surface area contributed by atoms with Crippen molar-refractivity contribution < 1.29 is 4.79 Å². The Balaban J connectivity index is 2.46. The molecule has 0 aromatic rings. The van der Waals surface area contributed by atoms with Gasteiger partial charge in [0.15, 0.2) is 0 Å². The van der Waals surface area contributed by atoms with Gasteiger partial charge in [-0.3, -0.25) is 10.1 Å². The van der Waals surface area contributed by atoms with Gasteiger partial charge < -0.3 is 4.90 Å². The molecule has 1 saturated heterocycles. The van der Waals surface area contributed by atoms with Crippen LogP contribution in [-0.4, -0.2) is 41.6 Å². The Morgan fingerprint density at radius 3 is 2.67 bits per heavy atom. The Morgan fingerprint density at radius 1 is 1.58 bits per heavy atom. The molecule has 4 heteroatoms. The average molecular weight is 188 g/mol. The van der Waals surface area contributed by atoms with Crippen molar-refractivity contribution in [2.45, 2.75) is 26.1 Å². The van der Waals surface area contributed by atoms with Crippen molar-refractivity contribution in [2.24, 2.45) is 0 Å². The van der Waals surface area contributed by atoms with Gasteiger partial charge >= 0.3 is 0 Å². The van der Waals surface area contributed by atoms with Gasteiger partial charge in [0.2, 0.25) is 5.91 Å². The standard InChI is InChI=1S/C8H16N2OS/c1-6-8(11)10(4-5-12-3)7(2)9-6/h6-7,9H,4-5H2,1-3H3. The molecule has 0 aromatic heterocycles. The summed E-state index contributed by atoms with van der Waals surface area (Å²) in [6, 6.07) is 0.00172. The quantitative estimate of drug-likeness (QED) is 0.700. The number of nitrogens with zero attached hydrogens (tertiary/aromatic N) is 1. The van der Waals surface area contributed by atoms with E-state index < -0.39 is 0 Å². The summed E-state index contributed by atoms with van der Waals surface area (Å²) >= 11 is 1.77. The van der Waals surface area contributed by atoms with Gasteiger partial charge in [-0.15, -0.1) is 0 Å². The molecule has 0 aromatic carbocycles. The lowest BCUT2D eigenvalue weighted by molar-refractivity contribution is -0.129. The van der Waals surface area contributed by atoms with Crippen LogP contribution >= 0.6 is 11.8 Å². The third kappa shape index (κ3) is 1.93. The molecule has 2 unspecified atom stereocenters. The molecule has 0 saturated carbocycles. The molecule has 0 radical (unpaired) electrons. The highest BCUT2D eigenvalue weighted by atomic mass is 32.2. The summed E-state index contributed by atoms with van der Waals surface area (Å²) in [5.41, 5.74) is 0. The Labute approximate surface area is 77.9 Å². The van der Waals surface area contributed by atoms with Crippen molar-refractivity contribution in [1.82, 2.24) is 10.2 Å². The number of carbonyl (C=O) groups is 1. The van der Waals surface area contributed by atoms with E-state index >= 15 is 0 Å². The SMILES string of the molecule is CSCCN1C(=O)C(C)NC1C. The predicted octanol–water partition coefficient (Wildman–Crippen LogP) is 0.516. The van der Waals surface area contributed by atoms with Crippen LogP contribution in [-0.2, 0) is 4.79 Å². The monoisotopic (exact) mass is 188 g/mol. The fourth-order valence-corrected chi connectivity index (χ4v) is 1.84. The number of hydrogen-bond acceptors (Lipinski definition) is 3. The molecule has 1 aliphatic rings. The predicted molar refractivity (Wildman–Crippen MR) is 52.2 cm³/mol. The van der Waals surface area contributed by atoms with Crippen molar-refractivity contribution in [2.75, 3.05) is 18.6 Å². The first-order valence-corrected chi connectivity index (χ1v) is 5.61. The molecule has 0 spiro atoms. The fraction of sp³-hybridized carbons (Fsp3) is 0.875. The van der Waals surface area contributed by atoms with Gasteiger partial charge in [0.1, 0.15) is 0 Å². The minimum atomic E-state index is 0.00172. The Kier molecular flexibility index (Phi) is 3.40. The maximum atomic E-state index is 11.5. The summed E-state index contributed by atoms with van der Waals surface area (Å²) in [7, 11) is 0. The third-order valence-electron chi connectivity index (χ3n) is 2.15. The molecule has 3 nitrogen and oxygen atoms in total. The maximum absolute atomic E-state index is 11.5. The molecular formula is C8H16N2OS. The fourth-order valence-electron chi connectivity index (χ4n) is 1.46. The van der Waals surface area contributed by atoms with E-state index in [2.05, 4.69) is 11.6 Å². The van der Waals surface area contributed by atoms with Crippen molar-refractivity contribution in [3.63, 3.8) is 0 Å². The second-order valence-electron chi connectivity index (χ2n) is 3.09. The highest BCUT2D eigenvalue weighted by Crippen LogP contribution is 2.10. The zero-order valence-electron chi connectivity index (χ0n) is 7.83. The maximum Gasteiger partial charge on any atom is 0.240 e. The van der Waals surface area contributed by atoms with Crippen LogP contribution in [0.3, 0.4) is 0 Å². The molecule has 1 N–H and O–H groups in total. The second-order valence-corrected chi connectivity index (χ2v) is 4.07. The Bertz CT molecular complexity index is 174. The number of rotatable bonds is 3. The third-order valence-corrected chi connectivity index (χ3v) is 2.74. The van der Waals surface area contributed by atoms with Crippen LogP contribution in [0.25, 0.3) is 0 Å². The van der Waals surface area contributed by atoms with Gasteiger partial charge in [-0.1, -0.05) is 0 Å². The molecule has 1 rings (SSSR count). The van der Waals surface area contributed by atoms with E-state index in [0.717, 1.165) is 12.3 Å². The van der Waals surface area contributed by atoms with E-state index in [0.29, 0.717) is 0 Å². The van der Waals surface area contributed by atoms with Crippen molar-refractivity contribution in [3.8, 4) is 0 Å². The first-order valence-electron chi connectivity index (χ1n) is 4.22. The highest BCUT2D eigenvalue weighted by molar-refractivity contribution is 7.98. The number of carbonyl (C=O) groups excluding carboxylic acids is 1. The van der Waals surface area contributed by atoms with Crippen LogP contribution in [0.1, 0.15) is 13.8 Å². The molecule has 2 atom stereocenters. The minimum Gasteiger partial charge on any atom is -0.325 e. The molecule has 12 heavy (non-hydrogen) atoms. The molecular weight excluding hydrogens is 172 g/mol. The van der Waals surface area contributed by atoms with Crippen molar-refractivity contribution >= 4 is 17.7 Å². The number of amides is 1.